The van der Waals surface area contributed by atoms with Crippen LogP contribution in [0, 0.1) is 0 Å². The van der Waals surface area contributed by atoms with Gasteiger partial charge in [-0.1, -0.05) is 18.2 Å². The van der Waals surface area contributed by atoms with Crippen molar-refractivity contribution in [3.05, 3.63) is 30.3 Å². The average molecular weight is 388 g/mol. The number of aliphatic hydroxyl groups excluding tert-OH is 6. The van der Waals surface area contributed by atoms with Gasteiger partial charge in [-0.25, -0.2) is 0 Å². The Labute approximate surface area is 155 Å². The zero-order chi connectivity index (χ0) is 19.6. The van der Waals surface area contributed by atoms with Crippen LogP contribution in [0.3, 0.4) is 0 Å². The number of rotatable bonds is 6. The molecule has 1 aromatic carbocycles. The summed E-state index contributed by atoms with van der Waals surface area (Å²) in [7, 11) is 0. The second-order valence-electron chi connectivity index (χ2n) is 6.49. The fraction of sp³-hybridized carbons (Fsp3) is 0.647. The summed E-state index contributed by atoms with van der Waals surface area (Å²) in [5.41, 5.74) is 0. The Morgan fingerprint density at radius 3 is 1.96 bits per heavy atom. The highest BCUT2D eigenvalue weighted by Gasteiger charge is 2.47. The highest BCUT2D eigenvalue weighted by atomic mass is 16.7. The predicted octanol–water partition coefficient (Wildman–Crippen LogP) is -2.67. The van der Waals surface area contributed by atoms with Crippen molar-refractivity contribution >= 4 is 0 Å². The Bertz CT molecular complexity index is 586. The standard InChI is InChI=1S/C17H24O10/c18-6-9-11(19)14(22)16(26-9)24-7-10-12(20)13(21)15(23)17(27-10)25-8-4-2-1-3-5-8/h1-5,9-23H,6-7H2. The molecule has 10 nitrogen and oxygen atoms in total. The molecule has 152 valence electrons. The minimum atomic E-state index is -1.55. The molecule has 2 aliphatic rings. The minimum absolute atomic E-state index is 0.327. The van der Waals surface area contributed by atoms with E-state index in [1.165, 1.54) is 0 Å². The summed E-state index contributed by atoms with van der Waals surface area (Å²) in [6.45, 7) is -0.829. The number of aliphatic hydroxyl groups is 6. The van der Waals surface area contributed by atoms with Crippen LogP contribution in [-0.2, 0) is 14.2 Å². The summed E-state index contributed by atoms with van der Waals surface area (Å²) in [5.74, 6) is 0.397. The van der Waals surface area contributed by atoms with Gasteiger partial charge in [-0.2, -0.15) is 0 Å². The predicted molar refractivity (Wildman–Crippen MR) is 87.5 cm³/mol. The van der Waals surface area contributed by atoms with Crippen LogP contribution >= 0.6 is 0 Å². The van der Waals surface area contributed by atoms with Crippen molar-refractivity contribution in [1.29, 1.82) is 0 Å². The Kier molecular flexibility index (Phi) is 6.63. The van der Waals surface area contributed by atoms with Crippen LogP contribution in [-0.4, -0.2) is 99.2 Å². The smallest absolute Gasteiger partial charge is 0.229 e. The van der Waals surface area contributed by atoms with E-state index in [1.807, 2.05) is 0 Å². The quantitative estimate of drug-likeness (QED) is 0.303. The molecule has 1 aromatic rings. The van der Waals surface area contributed by atoms with Crippen LogP contribution in [0.5, 0.6) is 5.75 Å². The van der Waals surface area contributed by atoms with Crippen molar-refractivity contribution in [2.45, 2.75) is 55.3 Å². The van der Waals surface area contributed by atoms with Crippen LogP contribution < -0.4 is 4.74 Å². The van der Waals surface area contributed by atoms with Gasteiger partial charge >= 0.3 is 0 Å². The highest BCUT2D eigenvalue weighted by molar-refractivity contribution is 5.21. The molecule has 9 unspecified atom stereocenters. The molecule has 0 aliphatic carbocycles. The van der Waals surface area contributed by atoms with Crippen LogP contribution in [0.15, 0.2) is 30.3 Å². The summed E-state index contributed by atoms with van der Waals surface area (Å²) in [4.78, 5) is 0. The summed E-state index contributed by atoms with van der Waals surface area (Å²) in [5, 5.41) is 58.9. The second-order valence-corrected chi connectivity index (χ2v) is 6.49. The monoisotopic (exact) mass is 388 g/mol. The van der Waals surface area contributed by atoms with Gasteiger partial charge in [0.15, 0.2) is 6.29 Å². The van der Waals surface area contributed by atoms with Crippen molar-refractivity contribution in [2.24, 2.45) is 0 Å². The van der Waals surface area contributed by atoms with Gasteiger partial charge in [-0.3, -0.25) is 0 Å². The third-order valence-electron chi connectivity index (χ3n) is 4.59. The molecule has 10 heteroatoms. The van der Waals surface area contributed by atoms with E-state index < -0.39 is 61.9 Å². The molecule has 2 fully saturated rings. The lowest BCUT2D eigenvalue weighted by molar-refractivity contribution is -0.290. The fourth-order valence-corrected chi connectivity index (χ4v) is 2.98. The SMILES string of the molecule is OCC1OC(OCC2OC(Oc3ccccc3)C(O)C(O)C2O)C(O)C1O. The summed E-state index contributed by atoms with van der Waals surface area (Å²) in [6.07, 6.45) is -11.8. The van der Waals surface area contributed by atoms with E-state index in [2.05, 4.69) is 0 Å². The maximum atomic E-state index is 10.1. The third kappa shape index (κ3) is 4.40. The Morgan fingerprint density at radius 2 is 1.33 bits per heavy atom. The Morgan fingerprint density at radius 1 is 0.741 bits per heavy atom. The fourth-order valence-electron chi connectivity index (χ4n) is 2.98. The highest BCUT2D eigenvalue weighted by Crippen LogP contribution is 2.27. The second kappa shape index (κ2) is 8.78. The van der Waals surface area contributed by atoms with Gasteiger partial charge in [-0.05, 0) is 12.1 Å². The zero-order valence-electron chi connectivity index (χ0n) is 14.3. The first-order valence-corrected chi connectivity index (χ1v) is 8.57. The van der Waals surface area contributed by atoms with Gasteiger partial charge in [0.1, 0.15) is 48.5 Å². The largest absolute Gasteiger partial charge is 0.462 e. The van der Waals surface area contributed by atoms with Gasteiger partial charge < -0.3 is 49.6 Å². The van der Waals surface area contributed by atoms with E-state index in [9.17, 15) is 25.5 Å². The molecule has 6 N–H and O–H groups in total. The van der Waals surface area contributed by atoms with Crippen LogP contribution in [0.2, 0.25) is 0 Å². The molecule has 3 rings (SSSR count). The van der Waals surface area contributed by atoms with Gasteiger partial charge in [0.25, 0.3) is 0 Å². The summed E-state index contributed by atoms with van der Waals surface area (Å²) in [6, 6.07) is 8.49. The van der Waals surface area contributed by atoms with Crippen molar-refractivity contribution < 1.29 is 49.6 Å². The number of para-hydroxylation sites is 1. The number of hydrogen-bond acceptors (Lipinski definition) is 10. The maximum Gasteiger partial charge on any atom is 0.229 e. The van der Waals surface area contributed by atoms with Crippen molar-refractivity contribution in [3.63, 3.8) is 0 Å². The molecule has 0 spiro atoms. The van der Waals surface area contributed by atoms with Gasteiger partial charge in [0, 0.05) is 0 Å². The molecule has 9 atom stereocenters. The van der Waals surface area contributed by atoms with Crippen LogP contribution in [0.25, 0.3) is 0 Å². The normalized spacial score (nSPS) is 42.2. The van der Waals surface area contributed by atoms with Gasteiger partial charge in [0.05, 0.1) is 13.2 Å². The molecular formula is C17H24O10. The molecule has 27 heavy (non-hydrogen) atoms. The van der Waals surface area contributed by atoms with Crippen LogP contribution in [0.4, 0.5) is 0 Å². The minimum Gasteiger partial charge on any atom is -0.462 e. The Balaban J connectivity index is 1.60. The first-order valence-electron chi connectivity index (χ1n) is 8.57. The van der Waals surface area contributed by atoms with Crippen molar-refractivity contribution in [3.8, 4) is 5.75 Å². The molecule has 0 bridgehead atoms. The lowest BCUT2D eigenvalue weighted by Crippen LogP contribution is -2.60. The average Bonchev–Trinajstić information content (AvgIpc) is 2.96. The summed E-state index contributed by atoms with van der Waals surface area (Å²) >= 11 is 0. The number of hydrogen-bond donors (Lipinski definition) is 6. The van der Waals surface area contributed by atoms with Crippen molar-refractivity contribution in [2.75, 3.05) is 13.2 Å². The number of ether oxygens (including phenoxy) is 4. The van der Waals surface area contributed by atoms with Crippen molar-refractivity contribution in [1.82, 2.24) is 0 Å². The molecule has 0 aromatic heterocycles. The molecule has 2 heterocycles. The first-order chi connectivity index (χ1) is 12.9. The van der Waals surface area contributed by atoms with Crippen LogP contribution in [0.1, 0.15) is 0 Å². The zero-order valence-corrected chi connectivity index (χ0v) is 14.3. The Hall–Kier alpha value is -1.34. The summed E-state index contributed by atoms with van der Waals surface area (Å²) < 4.78 is 21.5. The van der Waals surface area contributed by atoms with E-state index in [4.69, 9.17) is 24.1 Å². The lowest BCUT2D eigenvalue weighted by atomic mass is 9.99. The van der Waals surface area contributed by atoms with E-state index in [0.717, 1.165) is 0 Å². The molecule has 2 aliphatic heterocycles. The number of benzene rings is 1. The van der Waals surface area contributed by atoms with Gasteiger partial charge in [-0.15, -0.1) is 0 Å². The molecular weight excluding hydrogens is 364 g/mol. The van der Waals surface area contributed by atoms with E-state index >= 15 is 0 Å². The lowest BCUT2D eigenvalue weighted by Gasteiger charge is -2.40. The first kappa shape index (κ1) is 20.4. The van der Waals surface area contributed by atoms with E-state index in [-0.39, 0.29) is 6.61 Å². The van der Waals surface area contributed by atoms with Gasteiger partial charge in [0.2, 0.25) is 6.29 Å². The maximum absolute atomic E-state index is 10.1. The topological polar surface area (TPSA) is 158 Å². The molecule has 2 saturated heterocycles. The third-order valence-corrected chi connectivity index (χ3v) is 4.59. The van der Waals surface area contributed by atoms with E-state index in [0.29, 0.717) is 5.75 Å². The molecule has 0 amide bonds. The molecule has 0 radical (unpaired) electrons. The molecule has 0 saturated carbocycles. The van der Waals surface area contributed by atoms with E-state index in [1.54, 1.807) is 30.3 Å².